The Morgan fingerprint density at radius 2 is 1.70 bits per heavy atom. The smallest absolute Gasteiger partial charge is 0.249 e. The van der Waals surface area contributed by atoms with Gasteiger partial charge >= 0.3 is 0 Å². The van der Waals surface area contributed by atoms with Crippen LogP contribution >= 0.6 is 0 Å². The number of aliphatic imine (C=N–C) groups is 1. The first-order chi connectivity index (χ1) is 23.9. The van der Waals surface area contributed by atoms with Crippen LogP contribution in [0, 0.1) is 5.82 Å². The molecule has 2 aromatic carbocycles. The third-order valence-electron chi connectivity index (χ3n) is 8.13. The van der Waals surface area contributed by atoms with Crippen LogP contribution in [0.2, 0.25) is 0 Å². The molecule has 5 atom stereocenters. The topological polar surface area (TPSA) is 272 Å². The molecule has 0 radical (unpaired) electrons. The van der Waals surface area contributed by atoms with E-state index >= 15 is 0 Å². The summed E-state index contributed by atoms with van der Waals surface area (Å²) in [4.78, 5) is 72.4. The average molecular weight is 695 g/mol. The van der Waals surface area contributed by atoms with Crippen molar-refractivity contribution in [1.29, 1.82) is 0 Å². The average Bonchev–Trinajstić information content (AvgIpc) is 3.71. The molecule has 1 unspecified atom stereocenters. The summed E-state index contributed by atoms with van der Waals surface area (Å²) >= 11 is 0. The molecule has 17 heteroatoms. The number of aromatic amines is 1. The quantitative estimate of drug-likeness (QED) is 0.0444. The van der Waals surface area contributed by atoms with Crippen molar-refractivity contribution in [2.75, 3.05) is 19.6 Å². The van der Waals surface area contributed by atoms with E-state index < -0.39 is 72.2 Å². The Hall–Kier alpha value is -5.39. The number of nitrogens with zero attached hydrogens (tertiary/aromatic N) is 1. The number of H-pyrrole nitrogens is 1. The summed E-state index contributed by atoms with van der Waals surface area (Å²) in [5.41, 5.74) is 18.8. The van der Waals surface area contributed by atoms with Crippen molar-refractivity contribution < 1.29 is 33.5 Å². The van der Waals surface area contributed by atoms with Crippen LogP contribution in [0.4, 0.5) is 4.39 Å². The van der Waals surface area contributed by atoms with E-state index in [-0.39, 0.29) is 44.7 Å². The number of halogens is 1. The van der Waals surface area contributed by atoms with E-state index in [1.807, 2.05) is 24.3 Å². The van der Waals surface area contributed by atoms with Crippen molar-refractivity contribution in [1.82, 2.24) is 31.6 Å². The minimum atomic E-state index is -1.25. The highest BCUT2D eigenvalue weighted by Gasteiger charge is 2.31. The molecule has 16 nitrogen and oxygen atoms in total. The second kappa shape index (κ2) is 17.8. The van der Waals surface area contributed by atoms with Gasteiger partial charge in [0.2, 0.25) is 29.5 Å². The standard InChI is InChI=1S/C33H43FN10O6/c34-20-9-7-18(8-10-20)12-23(35)29(47)44-32(50)27(13-19-15-39-24-5-2-1-4-22(19)24)42-28(46)17-41-30(48)25(6-3-11-38-33(36)37)43-31(49)26-14-21(45)16-40-26/h1-2,4-5,7-10,15,21,23,25-27,39-40,45H,3,6,11-14,16-17,35H2,(H,41,48)(H,42,46)(H,43,49)(H4,36,37,38)(H,44,47,50)/t21?,23-,25-,26-,27-/m0/s1. The molecule has 1 aliphatic heterocycles. The molecular formula is C33H43FN10O6. The molecular weight excluding hydrogens is 651 g/mol. The zero-order chi connectivity index (χ0) is 36.2. The molecule has 1 aromatic heterocycles. The first-order valence-corrected chi connectivity index (χ1v) is 16.1. The Bertz CT molecular complexity index is 1690. The lowest BCUT2D eigenvalue weighted by molar-refractivity contribution is -0.135. The number of aromatic nitrogens is 1. The fourth-order valence-electron chi connectivity index (χ4n) is 5.50. The van der Waals surface area contributed by atoms with Crippen LogP contribution in [0.3, 0.4) is 0 Å². The zero-order valence-electron chi connectivity index (χ0n) is 27.3. The number of benzene rings is 2. The number of nitrogens with one attached hydrogen (secondary N) is 6. The maximum atomic E-state index is 13.4. The second-order valence-corrected chi connectivity index (χ2v) is 12.1. The fourth-order valence-corrected chi connectivity index (χ4v) is 5.50. The lowest BCUT2D eigenvalue weighted by Crippen LogP contribution is -2.55. The summed E-state index contributed by atoms with van der Waals surface area (Å²) in [7, 11) is 0. The molecule has 13 N–H and O–H groups in total. The first kappa shape index (κ1) is 37.4. The predicted molar refractivity (Wildman–Crippen MR) is 182 cm³/mol. The number of para-hydroxylation sites is 1. The van der Waals surface area contributed by atoms with Gasteiger partial charge in [-0.3, -0.25) is 34.3 Å². The number of hydrogen-bond acceptors (Lipinski definition) is 9. The summed E-state index contributed by atoms with van der Waals surface area (Å²) in [5, 5.41) is 23.4. The Labute approximate surface area is 287 Å². The van der Waals surface area contributed by atoms with Gasteiger partial charge in [-0.25, -0.2) is 4.39 Å². The van der Waals surface area contributed by atoms with Gasteiger partial charge in [-0.2, -0.15) is 0 Å². The predicted octanol–water partition coefficient (Wildman–Crippen LogP) is -2.08. The van der Waals surface area contributed by atoms with Crippen LogP contribution in [0.1, 0.15) is 30.4 Å². The molecule has 50 heavy (non-hydrogen) atoms. The third kappa shape index (κ3) is 11.1. The number of rotatable bonds is 16. The summed E-state index contributed by atoms with van der Waals surface area (Å²) in [5.74, 6) is -4.10. The van der Waals surface area contributed by atoms with Gasteiger partial charge < -0.3 is 48.6 Å². The molecule has 4 rings (SSSR count). The highest BCUT2D eigenvalue weighted by Crippen LogP contribution is 2.19. The molecule has 0 bridgehead atoms. The van der Waals surface area contributed by atoms with Gasteiger partial charge in [-0.15, -0.1) is 0 Å². The minimum absolute atomic E-state index is 0.0142. The number of β-amino-alcohol motifs (C(OH)–C–C–N with tert-alkyl or cyclic N) is 1. The lowest BCUT2D eigenvalue weighted by atomic mass is 10.0. The first-order valence-electron chi connectivity index (χ1n) is 16.1. The largest absolute Gasteiger partial charge is 0.392 e. The van der Waals surface area contributed by atoms with E-state index in [0.717, 1.165) is 10.9 Å². The molecule has 2 heterocycles. The number of nitrogens with two attached hydrogens (primary N) is 3. The van der Waals surface area contributed by atoms with Crippen molar-refractivity contribution in [3.8, 4) is 0 Å². The number of carbonyl (C=O) groups excluding carboxylic acids is 5. The van der Waals surface area contributed by atoms with E-state index in [1.54, 1.807) is 6.20 Å². The fraction of sp³-hybridized carbons (Fsp3) is 0.394. The molecule has 0 aliphatic carbocycles. The molecule has 268 valence electrons. The number of imide groups is 1. The van der Waals surface area contributed by atoms with Crippen molar-refractivity contribution in [2.24, 2.45) is 22.2 Å². The zero-order valence-corrected chi connectivity index (χ0v) is 27.3. The van der Waals surface area contributed by atoms with E-state index in [4.69, 9.17) is 17.2 Å². The maximum Gasteiger partial charge on any atom is 0.249 e. The van der Waals surface area contributed by atoms with E-state index in [2.05, 4.69) is 36.6 Å². The Kier molecular flexibility index (Phi) is 13.4. The molecule has 1 aliphatic rings. The molecule has 3 aromatic rings. The van der Waals surface area contributed by atoms with E-state index in [1.165, 1.54) is 24.3 Å². The summed E-state index contributed by atoms with van der Waals surface area (Å²) in [6.45, 7) is -0.131. The van der Waals surface area contributed by atoms with Crippen molar-refractivity contribution in [3.63, 3.8) is 0 Å². The highest BCUT2D eigenvalue weighted by molar-refractivity contribution is 6.02. The second-order valence-electron chi connectivity index (χ2n) is 12.1. The van der Waals surface area contributed by atoms with Crippen molar-refractivity contribution >= 4 is 46.4 Å². The number of guanidine groups is 1. The molecule has 0 spiro atoms. The molecule has 5 amide bonds. The Morgan fingerprint density at radius 3 is 2.40 bits per heavy atom. The van der Waals surface area contributed by atoms with Crippen LogP contribution in [-0.4, -0.2) is 95.5 Å². The number of hydrogen-bond donors (Lipinski definition) is 10. The Morgan fingerprint density at radius 1 is 0.960 bits per heavy atom. The normalized spacial score (nSPS) is 17.3. The van der Waals surface area contributed by atoms with Crippen LogP contribution in [0.25, 0.3) is 10.9 Å². The van der Waals surface area contributed by atoms with E-state index in [9.17, 15) is 33.5 Å². The van der Waals surface area contributed by atoms with Gasteiger partial charge in [0.15, 0.2) is 5.96 Å². The van der Waals surface area contributed by atoms with Crippen LogP contribution in [0.15, 0.2) is 59.7 Å². The maximum absolute atomic E-state index is 13.4. The van der Waals surface area contributed by atoms with Crippen LogP contribution < -0.4 is 43.8 Å². The van der Waals surface area contributed by atoms with Gasteiger partial charge in [0.05, 0.1) is 24.7 Å². The van der Waals surface area contributed by atoms with Crippen molar-refractivity contribution in [2.45, 2.75) is 62.4 Å². The highest BCUT2D eigenvalue weighted by atomic mass is 19.1. The number of aliphatic hydroxyl groups is 1. The molecule has 0 saturated carbocycles. The van der Waals surface area contributed by atoms with Crippen molar-refractivity contribution in [3.05, 3.63) is 71.7 Å². The van der Waals surface area contributed by atoms with Crippen LogP contribution in [-0.2, 0) is 36.8 Å². The number of aliphatic hydroxyl groups excluding tert-OH is 1. The summed E-state index contributed by atoms with van der Waals surface area (Å²) < 4.78 is 13.3. The molecule has 1 saturated heterocycles. The van der Waals surface area contributed by atoms with Gasteiger partial charge in [0.25, 0.3) is 0 Å². The van der Waals surface area contributed by atoms with Gasteiger partial charge in [0.1, 0.15) is 17.9 Å². The number of amides is 5. The summed E-state index contributed by atoms with van der Waals surface area (Å²) in [6.07, 6.45) is 1.65. The minimum Gasteiger partial charge on any atom is -0.392 e. The van der Waals surface area contributed by atoms with Gasteiger partial charge in [-0.1, -0.05) is 30.3 Å². The summed E-state index contributed by atoms with van der Waals surface area (Å²) in [6, 6.07) is 8.61. The Balaban J connectivity index is 1.41. The lowest BCUT2D eigenvalue weighted by Gasteiger charge is -2.22. The molecule has 1 fully saturated rings. The van der Waals surface area contributed by atoms with Gasteiger partial charge in [-0.05, 0) is 55.0 Å². The number of carbonyl (C=O) groups is 5. The van der Waals surface area contributed by atoms with Gasteiger partial charge in [0, 0.05) is 36.6 Å². The van der Waals surface area contributed by atoms with Crippen LogP contribution in [0.5, 0.6) is 0 Å². The SMILES string of the molecule is NC(N)=NCCC[C@H](NC(=O)[C@@H]1CC(O)CN1)C(=O)NCC(=O)N[C@@H](Cc1c[nH]c2ccccc12)C(=O)NC(=O)[C@@H](N)Cc1ccc(F)cc1. The van der Waals surface area contributed by atoms with E-state index in [0.29, 0.717) is 17.5 Å². The number of fused-ring (bicyclic) bond motifs is 1. The monoisotopic (exact) mass is 694 g/mol. The third-order valence-corrected chi connectivity index (χ3v) is 8.13.